The molecule has 1 saturated heterocycles. The van der Waals surface area contributed by atoms with Crippen molar-refractivity contribution >= 4 is 46.9 Å². The van der Waals surface area contributed by atoms with Gasteiger partial charge in [0.05, 0.1) is 29.9 Å². The van der Waals surface area contributed by atoms with E-state index in [-0.39, 0.29) is 41.4 Å². The Bertz CT molecular complexity index is 1790. The van der Waals surface area contributed by atoms with E-state index in [4.69, 9.17) is 9.47 Å². The number of anilines is 2. The molecule has 0 aromatic heterocycles. The molecule has 0 spiro atoms. The molecule has 1 fully saturated rings. The molecule has 2 amide bonds. The van der Waals surface area contributed by atoms with E-state index in [0.29, 0.717) is 23.4 Å². The van der Waals surface area contributed by atoms with Crippen molar-refractivity contribution in [3.8, 4) is 0 Å². The summed E-state index contributed by atoms with van der Waals surface area (Å²) in [7, 11) is 0. The van der Waals surface area contributed by atoms with Gasteiger partial charge in [-0.05, 0) is 65.7 Å². The quantitative estimate of drug-likeness (QED) is 0.114. The number of benzene rings is 4. The van der Waals surface area contributed by atoms with Crippen LogP contribution in [0.25, 0.3) is 0 Å². The van der Waals surface area contributed by atoms with Gasteiger partial charge >= 0.3 is 11.9 Å². The van der Waals surface area contributed by atoms with Crippen molar-refractivity contribution in [2.75, 3.05) is 16.4 Å². The Balaban J connectivity index is 1.19. The van der Waals surface area contributed by atoms with Crippen molar-refractivity contribution in [1.29, 1.82) is 0 Å². The third-order valence-corrected chi connectivity index (χ3v) is 8.69. The molecule has 2 aliphatic heterocycles. The van der Waals surface area contributed by atoms with Gasteiger partial charge in [0, 0.05) is 46.5 Å². The number of carbonyl (C=O) groups excluding carboxylic acids is 4. The van der Waals surface area contributed by atoms with Crippen LogP contribution < -0.4 is 10.6 Å². The summed E-state index contributed by atoms with van der Waals surface area (Å²) < 4.78 is 17.5. The van der Waals surface area contributed by atoms with Crippen LogP contribution >= 0.6 is 11.8 Å². The largest absolute Gasteiger partial charge is 0.392 e. The summed E-state index contributed by atoms with van der Waals surface area (Å²) in [6.07, 6.45) is -0.604. The summed E-state index contributed by atoms with van der Waals surface area (Å²) in [5.41, 5.74) is 4.07. The van der Waals surface area contributed by atoms with Crippen LogP contribution in [0.15, 0.2) is 95.9 Å². The van der Waals surface area contributed by atoms with Gasteiger partial charge in [0.2, 0.25) is 5.91 Å². The lowest BCUT2D eigenvalue weighted by Crippen LogP contribution is -2.31. The number of aliphatic hydroxyl groups is 1. The van der Waals surface area contributed by atoms with Crippen LogP contribution in [0.4, 0.5) is 11.4 Å². The molecule has 0 saturated carbocycles. The molecule has 6 rings (SSSR count). The number of ether oxygens (including phenoxy) is 3. The van der Waals surface area contributed by atoms with Gasteiger partial charge < -0.3 is 30.0 Å². The first-order chi connectivity index (χ1) is 22.2. The van der Waals surface area contributed by atoms with Crippen molar-refractivity contribution in [1.82, 2.24) is 0 Å². The van der Waals surface area contributed by atoms with Crippen LogP contribution in [0, 0.1) is 0 Å². The number of hydrogen-bond acceptors (Lipinski definition) is 9. The third-order valence-electron chi connectivity index (χ3n) is 7.55. The maximum Gasteiger partial charge on any atom is 0.346 e. The van der Waals surface area contributed by atoms with E-state index < -0.39 is 24.1 Å². The Labute approximate surface area is 269 Å². The summed E-state index contributed by atoms with van der Waals surface area (Å²) in [6, 6.07) is 26.6. The Kier molecular flexibility index (Phi) is 9.27. The molecule has 3 N–H and O–H groups in total. The molecule has 0 bridgehead atoms. The van der Waals surface area contributed by atoms with Crippen LogP contribution in [-0.4, -0.2) is 40.7 Å². The van der Waals surface area contributed by atoms with Crippen molar-refractivity contribution in [3.05, 3.63) is 124 Å². The fourth-order valence-corrected chi connectivity index (χ4v) is 6.16. The number of carbonyl (C=O) groups is 4. The van der Waals surface area contributed by atoms with E-state index in [9.17, 15) is 24.3 Å². The first-order valence-electron chi connectivity index (χ1n) is 14.6. The van der Waals surface area contributed by atoms with Crippen LogP contribution in [0.3, 0.4) is 0 Å². The highest BCUT2D eigenvalue weighted by Gasteiger charge is 2.33. The minimum Gasteiger partial charge on any atom is -0.392 e. The summed E-state index contributed by atoms with van der Waals surface area (Å²) >= 11 is 1.64. The molecule has 0 aliphatic carbocycles. The minimum absolute atomic E-state index is 0.0519. The predicted molar refractivity (Wildman–Crippen MR) is 170 cm³/mol. The molecule has 10 nitrogen and oxygen atoms in total. The standard InChI is InChI=1S/C35H30N2O8S/c1-20(39)36-25-10-12-28(13-11-25)46-19-27-17-31(22-7-5-21(18-38)6-8-22)44-35(43-27)24-3-2-4-26(15-24)37-32(40)23-9-14-29-30(16-23)34(42)45-33(29)41/h2-16,27,31,35,38H,17-19H2,1H3,(H,36,39)(H,37,40). The third kappa shape index (κ3) is 7.19. The number of cyclic esters (lactones) is 2. The van der Waals surface area contributed by atoms with Crippen LogP contribution in [0.5, 0.6) is 0 Å². The number of thioether (sulfide) groups is 1. The molecule has 3 atom stereocenters. The van der Waals surface area contributed by atoms with Crippen LogP contribution in [-0.2, 0) is 25.6 Å². The van der Waals surface area contributed by atoms with Gasteiger partial charge in [0.1, 0.15) is 0 Å². The topological polar surface area (TPSA) is 140 Å². The van der Waals surface area contributed by atoms with E-state index in [1.165, 1.54) is 25.1 Å². The normalized spacial score (nSPS) is 18.9. The molecule has 46 heavy (non-hydrogen) atoms. The lowest BCUT2D eigenvalue weighted by atomic mass is 10.0. The number of esters is 2. The van der Waals surface area contributed by atoms with Crippen LogP contribution in [0.1, 0.15) is 73.5 Å². The number of aliphatic hydroxyl groups excluding tert-OH is 1. The maximum absolute atomic E-state index is 13.1. The van der Waals surface area contributed by atoms with Gasteiger partial charge in [-0.2, -0.15) is 0 Å². The highest BCUT2D eigenvalue weighted by molar-refractivity contribution is 7.99. The number of hydrogen-bond donors (Lipinski definition) is 3. The number of fused-ring (bicyclic) bond motifs is 1. The summed E-state index contributed by atoms with van der Waals surface area (Å²) in [4.78, 5) is 49.2. The smallest absolute Gasteiger partial charge is 0.346 e. The number of amides is 2. The Morgan fingerprint density at radius 1 is 0.826 bits per heavy atom. The summed E-state index contributed by atoms with van der Waals surface area (Å²) in [6.45, 7) is 1.42. The van der Waals surface area contributed by atoms with Gasteiger partial charge in [-0.25, -0.2) is 9.59 Å². The monoisotopic (exact) mass is 638 g/mol. The van der Waals surface area contributed by atoms with Crippen molar-refractivity contribution in [2.45, 2.75) is 43.3 Å². The highest BCUT2D eigenvalue weighted by Crippen LogP contribution is 2.40. The summed E-state index contributed by atoms with van der Waals surface area (Å²) in [5, 5.41) is 15.1. The Morgan fingerprint density at radius 2 is 1.59 bits per heavy atom. The predicted octanol–water partition coefficient (Wildman–Crippen LogP) is 6.04. The van der Waals surface area contributed by atoms with E-state index in [1.54, 1.807) is 30.0 Å². The first-order valence-corrected chi connectivity index (χ1v) is 15.6. The van der Waals surface area contributed by atoms with Crippen LogP contribution in [0.2, 0.25) is 0 Å². The maximum atomic E-state index is 13.1. The molecule has 3 unspecified atom stereocenters. The van der Waals surface area contributed by atoms with Crippen molar-refractivity contribution in [3.63, 3.8) is 0 Å². The second-order valence-electron chi connectivity index (χ2n) is 10.9. The van der Waals surface area contributed by atoms with Gasteiger partial charge in [-0.1, -0.05) is 36.4 Å². The van der Waals surface area contributed by atoms with Gasteiger partial charge in [0.25, 0.3) is 5.91 Å². The molecule has 4 aromatic rings. The number of nitrogens with one attached hydrogen (secondary N) is 2. The van der Waals surface area contributed by atoms with E-state index in [0.717, 1.165) is 21.7 Å². The molecule has 234 valence electrons. The number of rotatable bonds is 9. The zero-order valence-corrected chi connectivity index (χ0v) is 25.5. The molecule has 2 heterocycles. The molecule has 0 radical (unpaired) electrons. The van der Waals surface area contributed by atoms with Crippen molar-refractivity contribution in [2.24, 2.45) is 0 Å². The van der Waals surface area contributed by atoms with E-state index in [2.05, 4.69) is 15.4 Å². The second kappa shape index (κ2) is 13.7. The molecule has 4 aromatic carbocycles. The SMILES string of the molecule is CC(=O)Nc1ccc(SCC2CC(c3ccc(CO)cc3)OC(c3cccc(NC(=O)c4ccc5c(c4)C(=O)OC5=O)c3)O2)cc1. The fourth-order valence-electron chi connectivity index (χ4n) is 5.24. The van der Waals surface area contributed by atoms with E-state index >= 15 is 0 Å². The average Bonchev–Trinajstić information content (AvgIpc) is 3.36. The molecular formula is C35H30N2O8S. The van der Waals surface area contributed by atoms with Gasteiger partial charge in [-0.3, -0.25) is 9.59 Å². The Morgan fingerprint density at radius 3 is 2.33 bits per heavy atom. The van der Waals surface area contributed by atoms with Crippen molar-refractivity contribution < 1.29 is 38.5 Å². The fraction of sp³-hybridized carbons (Fsp3) is 0.200. The zero-order valence-electron chi connectivity index (χ0n) is 24.7. The molecule has 11 heteroatoms. The molecule has 2 aliphatic rings. The second-order valence-corrected chi connectivity index (χ2v) is 12.0. The summed E-state index contributed by atoms with van der Waals surface area (Å²) in [5.74, 6) is -1.45. The minimum atomic E-state index is -0.779. The molecular weight excluding hydrogens is 608 g/mol. The van der Waals surface area contributed by atoms with Gasteiger partial charge in [-0.15, -0.1) is 11.8 Å². The Hall–Kier alpha value is -4.81. The van der Waals surface area contributed by atoms with Gasteiger partial charge in [0.15, 0.2) is 6.29 Å². The zero-order chi connectivity index (χ0) is 32.2. The van der Waals surface area contributed by atoms with E-state index in [1.807, 2.05) is 54.6 Å². The lowest BCUT2D eigenvalue weighted by Gasteiger charge is -2.36. The first kappa shape index (κ1) is 31.2. The highest BCUT2D eigenvalue weighted by atomic mass is 32.2. The average molecular weight is 639 g/mol. The lowest BCUT2D eigenvalue weighted by molar-refractivity contribution is -0.245.